The summed E-state index contributed by atoms with van der Waals surface area (Å²) in [4.78, 5) is 44.3. The van der Waals surface area contributed by atoms with E-state index in [-0.39, 0.29) is 88.5 Å². The molecule has 0 aliphatic rings. The van der Waals surface area contributed by atoms with Crippen LogP contribution >= 0.6 is 23.2 Å². The summed E-state index contributed by atoms with van der Waals surface area (Å²) in [6.45, 7) is 0. The predicted octanol–water partition coefficient (Wildman–Crippen LogP) is 3.35. The van der Waals surface area contributed by atoms with Gasteiger partial charge in [-0.1, -0.05) is 23.2 Å². The molecule has 0 aliphatic carbocycles. The third-order valence-corrected chi connectivity index (χ3v) is 6.56. The van der Waals surface area contributed by atoms with Crippen molar-refractivity contribution in [3.05, 3.63) is 45.0 Å². The highest BCUT2D eigenvalue weighted by Gasteiger charge is 2.22. The molecule has 0 N–H and O–H groups in total. The van der Waals surface area contributed by atoms with Gasteiger partial charge in [0, 0.05) is 0 Å². The summed E-state index contributed by atoms with van der Waals surface area (Å²) in [6, 6.07) is 10.4. The second-order valence-electron chi connectivity index (χ2n) is 8.10. The van der Waals surface area contributed by atoms with Gasteiger partial charge in [-0.15, -0.1) is 0 Å². The fourth-order valence-corrected chi connectivity index (χ4v) is 4.44. The summed E-state index contributed by atoms with van der Waals surface area (Å²) in [7, 11) is 0. The van der Waals surface area contributed by atoms with Gasteiger partial charge < -0.3 is 0 Å². The number of hydrogen-bond donors (Lipinski definition) is 0. The van der Waals surface area contributed by atoms with Gasteiger partial charge in [0.1, 0.15) is 57.4 Å². The molecule has 0 aliphatic heterocycles. The van der Waals surface area contributed by atoms with Gasteiger partial charge in [0.2, 0.25) is 0 Å². The minimum atomic E-state index is -0.226. The van der Waals surface area contributed by atoms with Crippen LogP contribution in [0.25, 0.3) is 66.7 Å². The number of nitriles is 4. The first kappa shape index (κ1) is 23.1. The maximum atomic E-state index is 9.41. The lowest BCUT2D eigenvalue weighted by Crippen LogP contribution is -2.04. The molecule has 0 amide bonds. The molecule has 0 spiro atoms. The number of nitrogens with zero attached hydrogens (tertiary/aromatic N) is 14. The molecule has 0 fully saturated rings. The zero-order valence-corrected chi connectivity index (χ0v) is 20.7. The van der Waals surface area contributed by atoms with Gasteiger partial charge in [-0.2, -0.15) is 21.0 Å². The molecule has 5 aromatic heterocycles. The first-order valence-corrected chi connectivity index (χ1v) is 11.7. The van der Waals surface area contributed by atoms with Gasteiger partial charge >= 0.3 is 0 Å². The van der Waals surface area contributed by atoms with E-state index < -0.39 is 0 Å². The molecular weight excluding hydrogens is 555 g/mol. The van der Waals surface area contributed by atoms with Gasteiger partial charge in [-0.05, 0) is 12.1 Å². The van der Waals surface area contributed by atoms with Gasteiger partial charge in [0.05, 0.1) is 21.1 Å². The number of aromatic nitrogens is 10. The molecule has 2 aromatic carbocycles. The maximum Gasteiger partial charge on any atom is 0.199 e. The lowest BCUT2D eigenvalue weighted by molar-refractivity contribution is 1.13. The molecule has 182 valence electrons. The van der Waals surface area contributed by atoms with E-state index >= 15 is 0 Å². The lowest BCUT2D eigenvalue weighted by Gasteiger charge is -2.10. The summed E-state index contributed by atoms with van der Waals surface area (Å²) >= 11 is 12.4. The van der Waals surface area contributed by atoms with Crippen LogP contribution in [0.2, 0.25) is 10.0 Å². The summed E-state index contributed by atoms with van der Waals surface area (Å²) < 4.78 is 0. The average molecular weight is 557 g/mol. The zero-order valence-electron chi connectivity index (χ0n) is 19.2. The molecular formula is C24H2Cl2N14. The van der Waals surface area contributed by atoms with Crippen LogP contribution in [0.1, 0.15) is 22.8 Å². The Hall–Kier alpha value is -6.06. The van der Waals surface area contributed by atoms with Crippen LogP contribution < -0.4 is 0 Å². The molecule has 0 bridgehead atoms. The minimum absolute atomic E-state index is 0.0151. The van der Waals surface area contributed by atoms with Crippen LogP contribution in [0, 0.1) is 45.3 Å². The Balaban J connectivity index is 1.75. The van der Waals surface area contributed by atoms with Crippen LogP contribution in [0.4, 0.5) is 0 Å². The van der Waals surface area contributed by atoms with Crippen LogP contribution in [0.15, 0.2) is 12.1 Å². The van der Waals surface area contributed by atoms with Crippen molar-refractivity contribution in [1.29, 1.82) is 21.0 Å². The molecule has 0 saturated heterocycles. The van der Waals surface area contributed by atoms with Crippen molar-refractivity contribution in [3.63, 3.8) is 0 Å². The van der Waals surface area contributed by atoms with E-state index in [0.717, 1.165) is 0 Å². The Bertz CT molecular complexity index is 2340. The largest absolute Gasteiger partial charge is 0.242 e. The normalized spacial score (nSPS) is 11.2. The number of halogens is 2. The van der Waals surface area contributed by atoms with Gasteiger partial charge in [-0.25, -0.2) is 49.8 Å². The third kappa shape index (κ3) is 3.19. The molecule has 7 rings (SSSR count). The quantitative estimate of drug-likeness (QED) is 0.193. The molecule has 5 heterocycles. The Morgan fingerprint density at radius 3 is 0.900 bits per heavy atom. The summed E-state index contributed by atoms with van der Waals surface area (Å²) in [6.07, 6.45) is 0. The van der Waals surface area contributed by atoms with Crippen molar-refractivity contribution >= 4 is 89.9 Å². The number of benzene rings is 2. The number of hydrogen-bond acceptors (Lipinski definition) is 14. The van der Waals surface area contributed by atoms with Crippen LogP contribution in [0.5, 0.6) is 0 Å². The molecule has 0 atom stereocenters. The average Bonchev–Trinajstić information content (AvgIpc) is 2.98. The summed E-state index contributed by atoms with van der Waals surface area (Å²) in [5, 5.41) is 38.2. The van der Waals surface area contributed by atoms with E-state index in [2.05, 4.69) is 39.9 Å². The maximum absolute atomic E-state index is 9.41. The van der Waals surface area contributed by atoms with Gasteiger partial charge in [0.25, 0.3) is 0 Å². The molecule has 40 heavy (non-hydrogen) atoms. The number of fused-ring (bicyclic) bond motifs is 9. The molecule has 0 unspecified atom stereocenters. The van der Waals surface area contributed by atoms with Crippen molar-refractivity contribution in [2.24, 2.45) is 0 Å². The lowest BCUT2D eigenvalue weighted by atomic mass is 10.1. The fourth-order valence-electron chi connectivity index (χ4n) is 4.12. The molecule has 7 aromatic rings. The van der Waals surface area contributed by atoms with E-state index in [4.69, 9.17) is 33.2 Å². The van der Waals surface area contributed by atoms with Crippen molar-refractivity contribution in [3.8, 4) is 24.3 Å². The smallest absolute Gasteiger partial charge is 0.199 e. The van der Waals surface area contributed by atoms with Gasteiger partial charge in [0.15, 0.2) is 45.4 Å². The van der Waals surface area contributed by atoms with E-state index in [1.807, 2.05) is 24.3 Å². The monoisotopic (exact) mass is 556 g/mol. The topological polar surface area (TPSA) is 224 Å². The highest BCUT2D eigenvalue weighted by Crippen LogP contribution is 2.34. The van der Waals surface area contributed by atoms with Crippen LogP contribution in [0.3, 0.4) is 0 Å². The SMILES string of the molecule is N#Cc1nc2nc3c4nc5cc(Cl)c(Cl)cc5nc4c4nc5nc(C#N)c(C#N)nc5nc4c3nc2nc1C#N. The first-order valence-electron chi connectivity index (χ1n) is 10.9. The van der Waals surface area contributed by atoms with Gasteiger partial charge in [-0.3, -0.25) is 0 Å². The van der Waals surface area contributed by atoms with Crippen LogP contribution in [-0.4, -0.2) is 49.8 Å². The van der Waals surface area contributed by atoms with E-state index in [0.29, 0.717) is 11.0 Å². The Kier molecular flexibility index (Phi) is 4.74. The van der Waals surface area contributed by atoms with Crippen molar-refractivity contribution in [1.82, 2.24) is 49.8 Å². The summed E-state index contributed by atoms with van der Waals surface area (Å²) in [5.74, 6) is 0. The third-order valence-electron chi connectivity index (χ3n) is 5.84. The van der Waals surface area contributed by atoms with E-state index in [1.54, 1.807) is 12.1 Å². The Morgan fingerprint density at radius 2 is 0.650 bits per heavy atom. The highest BCUT2D eigenvalue weighted by atomic mass is 35.5. The minimum Gasteiger partial charge on any atom is -0.242 e. The second-order valence-corrected chi connectivity index (χ2v) is 8.92. The zero-order chi connectivity index (χ0) is 27.7. The summed E-state index contributed by atoms with van der Waals surface area (Å²) in [5.41, 5.74) is 0.987. The number of rotatable bonds is 0. The van der Waals surface area contributed by atoms with E-state index in [9.17, 15) is 21.0 Å². The Labute approximate surface area is 229 Å². The highest BCUT2D eigenvalue weighted by molar-refractivity contribution is 6.42. The first-order chi connectivity index (χ1) is 19.4. The second kappa shape index (κ2) is 8.22. The fraction of sp³-hybridized carbons (Fsp3) is 0. The van der Waals surface area contributed by atoms with Crippen molar-refractivity contribution < 1.29 is 0 Å². The van der Waals surface area contributed by atoms with E-state index in [1.165, 1.54) is 0 Å². The predicted molar refractivity (Wildman–Crippen MR) is 138 cm³/mol. The standard InChI is InChI=1S/C24H2Cl2N14/c25-7-1-9-10(2-8(7)26)32-16-15(31-9)17-19(39-23-21(37-17)33-11(3-27)13(5-29)35-23)20-18(16)38-22-24(40-20)36-14(6-30)12(4-28)34-22/h1-2H. The molecule has 0 saturated carbocycles. The Morgan fingerprint density at radius 1 is 0.400 bits per heavy atom. The molecule has 14 nitrogen and oxygen atoms in total. The molecule has 0 radical (unpaired) electrons. The van der Waals surface area contributed by atoms with Crippen molar-refractivity contribution in [2.45, 2.75) is 0 Å². The molecule has 16 heteroatoms. The van der Waals surface area contributed by atoms with Crippen molar-refractivity contribution in [2.75, 3.05) is 0 Å². The van der Waals surface area contributed by atoms with Crippen LogP contribution in [-0.2, 0) is 0 Å².